The third-order valence-corrected chi connectivity index (χ3v) is 3.77. The summed E-state index contributed by atoms with van der Waals surface area (Å²) >= 11 is 0. The third-order valence-electron chi connectivity index (χ3n) is 3.77. The van der Waals surface area contributed by atoms with Crippen molar-refractivity contribution in [3.05, 3.63) is 35.9 Å². The van der Waals surface area contributed by atoms with Gasteiger partial charge in [0.1, 0.15) is 0 Å². The Balaban J connectivity index is 3.00. The summed E-state index contributed by atoms with van der Waals surface area (Å²) < 4.78 is 0. The second kappa shape index (κ2) is 8.43. The van der Waals surface area contributed by atoms with E-state index in [0.717, 1.165) is 13.1 Å². The summed E-state index contributed by atoms with van der Waals surface area (Å²) in [5.74, 6) is 1.31. The highest BCUT2D eigenvalue weighted by Crippen LogP contribution is 2.26. The van der Waals surface area contributed by atoms with Crippen LogP contribution in [-0.4, -0.2) is 31.1 Å². The van der Waals surface area contributed by atoms with E-state index in [1.54, 1.807) is 0 Å². The quantitative estimate of drug-likeness (QED) is 0.773. The molecule has 2 heteroatoms. The summed E-state index contributed by atoms with van der Waals surface area (Å²) in [6.07, 6.45) is 0. The molecule has 0 bridgehead atoms. The molecule has 0 amide bonds. The van der Waals surface area contributed by atoms with Crippen LogP contribution in [0.5, 0.6) is 0 Å². The van der Waals surface area contributed by atoms with Crippen LogP contribution in [-0.2, 0) is 0 Å². The first-order chi connectivity index (χ1) is 9.47. The van der Waals surface area contributed by atoms with Gasteiger partial charge in [0.05, 0.1) is 0 Å². The van der Waals surface area contributed by atoms with Gasteiger partial charge in [-0.25, -0.2) is 0 Å². The molecule has 0 fully saturated rings. The standard InChI is InChI=1S/C18H32N2/c1-7-19-17(16-11-9-8-10-12-16)18(15(4)5)20(6)13-14(2)3/h8-12,14-15,17-19H,7,13H2,1-6H3. The van der Waals surface area contributed by atoms with Gasteiger partial charge in [-0.2, -0.15) is 0 Å². The molecule has 0 radical (unpaired) electrons. The van der Waals surface area contributed by atoms with Crippen LogP contribution in [0.3, 0.4) is 0 Å². The minimum Gasteiger partial charge on any atom is -0.309 e. The number of nitrogens with zero attached hydrogens (tertiary/aromatic N) is 1. The van der Waals surface area contributed by atoms with Crippen LogP contribution in [0.2, 0.25) is 0 Å². The van der Waals surface area contributed by atoms with Gasteiger partial charge in [-0.3, -0.25) is 0 Å². The SMILES string of the molecule is CCNC(c1ccccc1)C(C(C)C)N(C)CC(C)C. The van der Waals surface area contributed by atoms with Crippen LogP contribution in [0.4, 0.5) is 0 Å². The lowest BCUT2D eigenvalue weighted by atomic mass is 9.89. The Morgan fingerprint density at radius 2 is 1.65 bits per heavy atom. The van der Waals surface area contributed by atoms with Crippen LogP contribution in [0.1, 0.15) is 46.2 Å². The van der Waals surface area contributed by atoms with Crippen LogP contribution in [0, 0.1) is 11.8 Å². The highest BCUT2D eigenvalue weighted by atomic mass is 15.2. The molecule has 1 aromatic rings. The molecule has 1 aromatic carbocycles. The maximum atomic E-state index is 3.69. The fourth-order valence-electron chi connectivity index (χ4n) is 3.16. The summed E-state index contributed by atoms with van der Waals surface area (Å²) in [6, 6.07) is 11.8. The predicted octanol–water partition coefficient (Wildman–Crippen LogP) is 3.95. The molecule has 2 unspecified atom stereocenters. The Morgan fingerprint density at radius 1 is 1.05 bits per heavy atom. The molecule has 2 atom stereocenters. The van der Waals surface area contributed by atoms with Crippen molar-refractivity contribution < 1.29 is 0 Å². The van der Waals surface area contributed by atoms with E-state index in [0.29, 0.717) is 23.9 Å². The van der Waals surface area contributed by atoms with Gasteiger partial charge in [0.2, 0.25) is 0 Å². The van der Waals surface area contributed by atoms with Gasteiger partial charge in [-0.1, -0.05) is 65.0 Å². The van der Waals surface area contributed by atoms with E-state index in [9.17, 15) is 0 Å². The summed E-state index contributed by atoms with van der Waals surface area (Å²) in [7, 11) is 2.26. The van der Waals surface area contributed by atoms with Crippen molar-refractivity contribution in [1.29, 1.82) is 0 Å². The number of rotatable bonds is 8. The van der Waals surface area contributed by atoms with E-state index in [-0.39, 0.29) is 0 Å². The van der Waals surface area contributed by atoms with Crippen LogP contribution in [0.15, 0.2) is 30.3 Å². The van der Waals surface area contributed by atoms with Crippen LogP contribution in [0.25, 0.3) is 0 Å². The lowest BCUT2D eigenvalue weighted by Gasteiger charge is -2.39. The summed E-state index contributed by atoms with van der Waals surface area (Å²) in [4.78, 5) is 2.52. The van der Waals surface area contributed by atoms with Gasteiger partial charge < -0.3 is 10.2 Å². The predicted molar refractivity (Wildman–Crippen MR) is 89.0 cm³/mol. The Bertz CT molecular complexity index is 359. The molecule has 0 spiro atoms. The molecule has 0 aromatic heterocycles. The molecule has 0 aliphatic rings. The summed E-state index contributed by atoms with van der Waals surface area (Å²) in [5, 5.41) is 3.69. The molecule has 0 heterocycles. The first-order valence-electron chi connectivity index (χ1n) is 7.95. The number of benzene rings is 1. The molecular weight excluding hydrogens is 244 g/mol. The van der Waals surface area contributed by atoms with E-state index in [1.807, 2.05) is 0 Å². The minimum atomic E-state index is 0.393. The summed E-state index contributed by atoms with van der Waals surface area (Å²) in [5.41, 5.74) is 1.39. The Kier molecular flexibility index (Phi) is 7.25. The maximum absolute atomic E-state index is 3.69. The molecule has 20 heavy (non-hydrogen) atoms. The van der Waals surface area contributed by atoms with Gasteiger partial charge in [-0.05, 0) is 31.0 Å². The minimum absolute atomic E-state index is 0.393. The van der Waals surface area contributed by atoms with Crippen LogP contribution >= 0.6 is 0 Å². The first-order valence-corrected chi connectivity index (χ1v) is 7.95. The Hall–Kier alpha value is -0.860. The molecule has 114 valence electrons. The Labute approximate surface area is 125 Å². The molecule has 0 aliphatic carbocycles. The molecule has 0 saturated heterocycles. The second-order valence-corrected chi connectivity index (χ2v) is 6.51. The van der Waals surface area contributed by atoms with Gasteiger partial charge in [-0.15, -0.1) is 0 Å². The molecule has 2 nitrogen and oxygen atoms in total. The average Bonchev–Trinajstić information content (AvgIpc) is 2.38. The van der Waals surface area contributed by atoms with Crippen molar-refractivity contribution in [3.8, 4) is 0 Å². The molecular formula is C18H32N2. The second-order valence-electron chi connectivity index (χ2n) is 6.51. The molecule has 0 aliphatic heterocycles. The largest absolute Gasteiger partial charge is 0.309 e. The first kappa shape index (κ1) is 17.2. The van der Waals surface area contributed by atoms with Gasteiger partial charge in [0.25, 0.3) is 0 Å². The van der Waals surface area contributed by atoms with Crippen molar-refractivity contribution in [2.75, 3.05) is 20.1 Å². The number of hydrogen-bond donors (Lipinski definition) is 1. The van der Waals surface area contributed by atoms with Crippen molar-refractivity contribution in [2.45, 2.75) is 46.7 Å². The van der Waals surface area contributed by atoms with E-state index in [2.05, 4.69) is 82.2 Å². The lowest BCUT2D eigenvalue weighted by Crippen LogP contribution is -2.47. The van der Waals surface area contributed by atoms with Crippen LogP contribution < -0.4 is 5.32 Å². The fraction of sp³-hybridized carbons (Fsp3) is 0.667. The zero-order valence-corrected chi connectivity index (χ0v) is 14.1. The molecule has 1 N–H and O–H groups in total. The van der Waals surface area contributed by atoms with E-state index >= 15 is 0 Å². The number of likely N-dealkylation sites (N-methyl/N-ethyl adjacent to an activating group) is 2. The third kappa shape index (κ3) is 4.92. The topological polar surface area (TPSA) is 15.3 Å². The van der Waals surface area contributed by atoms with Crippen molar-refractivity contribution in [3.63, 3.8) is 0 Å². The lowest BCUT2D eigenvalue weighted by molar-refractivity contribution is 0.133. The van der Waals surface area contributed by atoms with Crippen molar-refractivity contribution >= 4 is 0 Å². The van der Waals surface area contributed by atoms with E-state index < -0.39 is 0 Å². The highest BCUT2D eigenvalue weighted by molar-refractivity contribution is 5.21. The monoisotopic (exact) mass is 276 g/mol. The summed E-state index contributed by atoms with van der Waals surface area (Å²) in [6.45, 7) is 13.6. The fourth-order valence-corrected chi connectivity index (χ4v) is 3.16. The molecule has 1 rings (SSSR count). The highest BCUT2D eigenvalue weighted by Gasteiger charge is 2.28. The van der Waals surface area contributed by atoms with Crippen molar-refractivity contribution in [1.82, 2.24) is 10.2 Å². The smallest absolute Gasteiger partial charge is 0.0480 e. The average molecular weight is 276 g/mol. The normalized spacial score (nSPS) is 15.1. The zero-order chi connectivity index (χ0) is 15.1. The van der Waals surface area contributed by atoms with Gasteiger partial charge >= 0.3 is 0 Å². The molecule has 0 saturated carbocycles. The number of nitrogens with one attached hydrogen (secondary N) is 1. The van der Waals surface area contributed by atoms with Gasteiger partial charge in [0.15, 0.2) is 0 Å². The van der Waals surface area contributed by atoms with E-state index in [1.165, 1.54) is 5.56 Å². The zero-order valence-electron chi connectivity index (χ0n) is 14.1. The van der Waals surface area contributed by atoms with E-state index in [4.69, 9.17) is 0 Å². The Morgan fingerprint density at radius 3 is 2.10 bits per heavy atom. The number of hydrogen-bond acceptors (Lipinski definition) is 2. The maximum Gasteiger partial charge on any atom is 0.0480 e. The van der Waals surface area contributed by atoms with Crippen molar-refractivity contribution in [2.24, 2.45) is 11.8 Å². The van der Waals surface area contributed by atoms with Gasteiger partial charge in [0, 0.05) is 18.6 Å².